The lowest BCUT2D eigenvalue weighted by atomic mass is 9.97. The van der Waals surface area contributed by atoms with Crippen LogP contribution in [0.2, 0.25) is 0 Å². The van der Waals surface area contributed by atoms with Crippen LogP contribution in [0.15, 0.2) is 20.8 Å². The van der Waals surface area contributed by atoms with E-state index < -0.39 is 41.1 Å². The summed E-state index contributed by atoms with van der Waals surface area (Å²) >= 11 is 3.08. The lowest BCUT2D eigenvalue weighted by molar-refractivity contribution is -0.159. The standard InChI is InChI=1S/C16H21BrN2O6/c1-16(2,3)14(22)24-8-11-10(20)6-12(25-11)19-7-9(4-5-17)13(21)18-15(19)23/h4-5,7,10-12,20H,6,8H2,1-3H3,(H,18,21,23)/b5-4+/t10?,11-,12-/m0/s1. The summed E-state index contributed by atoms with van der Waals surface area (Å²) in [6.07, 6.45) is 0.584. The predicted octanol–water partition coefficient (Wildman–Crippen LogP) is 1.14. The van der Waals surface area contributed by atoms with Gasteiger partial charge in [0.1, 0.15) is 18.9 Å². The monoisotopic (exact) mass is 416 g/mol. The van der Waals surface area contributed by atoms with Gasteiger partial charge in [-0.1, -0.05) is 15.9 Å². The Balaban J connectivity index is 2.13. The van der Waals surface area contributed by atoms with E-state index in [4.69, 9.17) is 9.47 Å². The molecule has 1 unspecified atom stereocenters. The second kappa shape index (κ2) is 7.67. The Kier molecular flexibility index (Phi) is 6.02. The number of nitrogens with one attached hydrogen (secondary N) is 1. The maximum absolute atomic E-state index is 12.0. The van der Waals surface area contributed by atoms with Gasteiger partial charge in [-0.15, -0.1) is 0 Å². The van der Waals surface area contributed by atoms with E-state index in [1.54, 1.807) is 20.8 Å². The molecule has 2 rings (SSSR count). The summed E-state index contributed by atoms with van der Waals surface area (Å²) in [6, 6.07) is 0. The van der Waals surface area contributed by atoms with Crippen molar-refractivity contribution in [3.05, 3.63) is 37.6 Å². The van der Waals surface area contributed by atoms with Gasteiger partial charge >= 0.3 is 11.7 Å². The molecule has 2 N–H and O–H groups in total. The Morgan fingerprint density at radius 3 is 2.80 bits per heavy atom. The van der Waals surface area contributed by atoms with Crippen LogP contribution in [-0.4, -0.2) is 39.4 Å². The minimum Gasteiger partial charge on any atom is -0.462 e. The minimum atomic E-state index is -0.897. The highest BCUT2D eigenvalue weighted by molar-refractivity contribution is 9.11. The van der Waals surface area contributed by atoms with Crippen molar-refractivity contribution in [1.29, 1.82) is 0 Å². The third-order valence-electron chi connectivity index (χ3n) is 3.74. The maximum Gasteiger partial charge on any atom is 0.330 e. The molecule has 8 nitrogen and oxygen atoms in total. The lowest BCUT2D eigenvalue weighted by Gasteiger charge is -2.20. The molecule has 1 aliphatic heterocycles. The molecule has 2 heterocycles. The summed E-state index contributed by atoms with van der Waals surface area (Å²) in [4.78, 5) is 39.2. The number of aliphatic hydroxyl groups is 1. The van der Waals surface area contributed by atoms with Gasteiger partial charge in [0.15, 0.2) is 0 Å². The van der Waals surface area contributed by atoms with Crippen molar-refractivity contribution in [2.75, 3.05) is 6.61 Å². The Hall–Kier alpha value is -1.71. The third-order valence-corrected chi connectivity index (χ3v) is 4.01. The Bertz CT molecular complexity index is 776. The average molecular weight is 417 g/mol. The molecule has 0 saturated carbocycles. The lowest BCUT2D eigenvalue weighted by Crippen LogP contribution is -2.34. The van der Waals surface area contributed by atoms with Gasteiger partial charge < -0.3 is 14.6 Å². The van der Waals surface area contributed by atoms with Crippen molar-refractivity contribution in [3.8, 4) is 0 Å². The van der Waals surface area contributed by atoms with Crippen molar-refractivity contribution in [2.24, 2.45) is 5.41 Å². The molecule has 1 aliphatic rings. The quantitative estimate of drug-likeness (QED) is 0.711. The maximum atomic E-state index is 12.0. The number of carbonyl (C=O) groups excluding carboxylic acids is 1. The molecule has 1 aromatic heterocycles. The van der Waals surface area contributed by atoms with Gasteiger partial charge in [0, 0.05) is 12.6 Å². The van der Waals surface area contributed by atoms with Crippen molar-refractivity contribution in [2.45, 2.75) is 45.6 Å². The molecule has 1 fully saturated rings. The van der Waals surface area contributed by atoms with Crippen LogP contribution in [0, 0.1) is 5.41 Å². The number of hydrogen-bond donors (Lipinski definition) is 2. The molecule has 1 saturated heterocycles. The first-order chi connectivity index (χ1) is 11.6. The van der Waals surface area contributed by atoms with Crippen LogP contribution in [-0.2, 0) is 14.3 Å². The first-order valence-electron chi connectivity index (χ1n) is 7.76. The molecule has 0 amide bonds. The molecule has 138 valence electrons. The summed E-state index contributed by atoms with van der Waals surface area (Å²) in [7, 11) is 0. The van der Waals surface area contributed by atoms with Gasteiger partial charge in [-0.3, -0.25) is 19.1 Å². The average Bonchev–Trinajstić information content (AvgIpc) is 2.87. The summed E-state index contributed by atoms with van der Waals surface area (Å²) in [5.41, 5.74) is -1.56. The molecule has 0 bridgehead atoms. The highest BCUT2D eigenvalue weighted by Crippen LogP contribution is 2.28. The summed E-state index contributed by atoms with van der Waals surface area (Å²) in [6.45, 7) is 5.06. The van der Waals surface area contributed by atoms with Gasteiger partial charge in [0.2, 0.25) is 0 Å². The number of hydrogen-bond acceptors (Lipinski definition) is 6. The number of rotatable bonds is 4. The molecular weight excluding hydrogens is 396 g/mol. The van der Waals surface area contributed by atoms with Crippen LogP contribution in [0.1, 0.15) is 39.0 Å². The summed E-state index contributed by atoms with van der Waals surface area (Å²) < 4.78 is 12.0. The molecular formula is C16H21BrN2O6. The SMILES string of the molecule is CC(C)(C)C(=O)OC[C@@H]1O[C@H](n2cc(/C=C/Br)c(=O)[nH]c2=O)CC1O. The van der Waals surface area contributed by atoms with Crippen LogP contribution in [0.5, 0.6) is 0 Å². The predicted molar refractivity (Wildman–Crippen MR) is 94.2 cm³/mol. The topological polar surface area (TPSA) is 111 Å². The Morgan fingerprint density at radius 2 is 2.20 bits per heavy atom. The first-order valence-corrected chi connectivity index (χ1v) is 8.68. The minimum absolute atomic E-state index is 0.111. The van der Waals surface area contributed by atoms with Crippen molar-refractivity contribution < 1.29 is 19.4 Å². The van der Waals surface area contributed by atoms with Crippen molar-refractivity contribution in [1.82, 2.24) is 9.55 Å². The van der Waals surface area contributed by atoms with E-state index in [0.29, 0.717) is 0 Å². The number of halogens is 1. The molecule has 25 heavy (non-hydrogen) atoms. The molecule has 0 aliphatic carbocycles. The van der Waals surface area contributed by atoms with E-state index in [9.17, 15) is 19.5 Å². The number of esters is 1. The normalized spacial score (nSPS) is 24.0. The van der Waals surface area contributed by atoms with Crippen LogP contribution < -0.4 is 11.2 Å². The second-order valence-electron chi connectivity index (χ2n) is 6.82. The number of aromatic nitrogens is 2. The van der Waals surface area contributed by atoms with E-state index in [1.165, 1.54) is 21.8 Å². The van der Waals surface area contributed by atoms with Crippen LogP contribution in [0.3, 0.4) is 0 Å². The summed E-state index contributed by atoms with van der Waals surface area (Å²) in [5, 5.41) is 10.1. The molecule has 0 aromatic carbocycles. The number of carbonyl (C=O) groups is 1. The number of ether oxygens (including phenoxy) is 2. The first kappa shape index (κ1) is 19.6. The smallest absolute Gasteiger partial charge is 0.330 e. The number of aromatic amines is 1. The number of nitrogens with zero attached hydrogens (tertiary/aromatic N) is 1. The van der Waals surface area contributed by atoms with Crippen molar-refractivity contribution in [3.63, 3.8) is 0 Å². The molecule has 1 aromatic rings. The fourth-order valence-corrected chi connectivity index (χ4v) is 2.60. The highest BCUT2D eigenvalue weighted by Gasteiger charge is 2.37. The zero-order chi connectivity index (χ0) is 18.8. The fraction of sp³-hybridized carbons (Fsp3) is 0.562. The largest absolute Gasteiger partial charge is 0.462 e. The van der Waals surface area contributed by atoms with Gasteiger partial charge in [-0.05, 0) is 31.8 Å². The fourth-order valence-electron chi connectivity index (χ4n) is 2.31. The number of H-pyrrole nitrogens is 1. The van der Waals surface area contributed by atoms with Gasteiger partial charge in [-0.25, -0.2) is 4.79 Å². The van der Waals surface area contributed by atoms with E-state index in [-0.39, 0.29) is 18.6 Å². The molecule has 0 spiro atoms. The second-order valence-corrected chi connectivity index (χ2v) is 7.35. The Labute approximate surface area is 152 Å². The number of aliphatic hydroxyl groups excluding tert-OH is 1. The van der Waals surface area contributed by atoms with Crippen LogP contribution in [0.4, 0.5) is 0 Å². The Morgan fingerprint density at radius 1 is 1.52 bits per heavy atom. The van der Waals surface area contributed by atoms with E-state index in [0.717, 1.165) is 0 Å². The van der Waals surface area contributed by atoms with Gasteiger partial charge in [-0.2, -0.15) is 0 Å². The zero-order valence-electron chi connectivity index (χ0n) is 14.2. The highest BCUT2D eigenvalue weighted by atomic mass is 79.9. The van der Waals surface area contributed by atoms with E-state index >= 15 is 0 Å². The van der Waals surface area contributed by atoms with Gasteiger partial charge in [0.05, 0.1) is 17.1 Å². The molecule has 9 heteroatoms. The zero-order valence-corrected chi connectivity index (χ0v) is 15.8. The van der Waals surface area contributed by atoms with E-state index in [1.807, 2.05) is 0 Å². The van der Waals surface area contributed by atoms with Crippen LogP contribution >= 0.6 is 15.9 Å². The van der Waals surface area contributed by atoms with Gasteiger partial charge in [0.25, 0.3) is 5.56 Å². The van der Waals surface area contributed by atoms with E-state index in [2.05, 4.69) is 20.9 Å². The van der Waals surface area contributed by atoms with Crippen molar-refractivity contribution >= 4 is 28.0 Å². The summed E-state index contributed by atoms with van der Waals surface area (Å²) in [5.74, 6) is -0.405. The van der Waals surface area contributed by atoms with Crippen LogP contribution in [0.25, 0.3) is 6.08 Å². The third kappa shape index (κ3) is 4.68. The molecule has 3 atom stereocenters. The molecule has 0 radical (unpaired) electrons.